The summed E-state index contributed by atoms with van der Waals surface area (Å²) < 4.78 is 21.4. The Morgan fingerprint density at radius 2 is 2.00 bits per heavy atom. The highest BCUT2D eigenvalue weighted by Crippen LogP contribution is 2.31. The average molecular weight is 435 g/mol. The van der Waals surface area contributed by atoms with E-state index in [0.717, 1.165) is 11.6 Å². The van der Waals surface area contributed by atoms with Gasteiger partial charge in [0.1, 0.15) is 11.5 Å². The van der Waals surface area contributed by atoms with Crippen molar-refractivity contribution >= 4 is 34.8 Å². The number of pyridine rings is 1. The van der Waals surface area contributed by atoms with Gasteiger partial charge in [0.15, 0.2) is 5.65 Å². The number of aliphatic carboxylic acids is 1. The highest BCUT2D eigenvalue weighted by atomic mass is 35.5. The number of imidazole rings is 1. The standard InChI is InChI=1S/C19H13Cl2FN4O3/c1-9-4-13(21)18-23-15(8-26(18)7-9)19-24-17(25-29-19)11-6-14(22)10(5-12(11)20)2-3-16(27)28/h4-8H,2-3H2,1H3,(H,27,28). The van der Waals surface area contributed by atoms with Gasteiger partial charge in [-0.25, -0.2) is 9.37 Å². The van der Waals surface area contributed by atoms with Crippen molar-refractivity contribution in [2.24, 2.45) is 0 Å². The van der Waals surface area contributed by atoms with Crippen LogP contribution in [0.2, 0.25) is 10.0 Å². The molecule has 1 aromatic carbocycles. The van der Waals surface area contributed by atoms with E-state index in [0.29, 0.717) is 16.4 Å². The lowest BCUT2D eigenvalue weighted by Crippen LogP contribution is -2.00. The lowest BCUT2D eigenvalue weighted by Gasteiger charge is -2.05. The number of aryl methyl sites for hydroxylation is 2. The summed E-state index contributed by atoms with van der Waals surface area (Å²) in [5, 5.41) is 13.3. The number of hydrogen-bond acceptors (Lipinski definition) is 5. The molecule has 0 aliphatic rings. The number of aromatic nitrogens is 4. The monoisotopic (exact) mass is 434 g/mol. The van der Waals surface area contributed by atoms with Crippen LogP contribution in [0, 0.1) is 12.7 Å². The van der Waals surface area contributed by atoms with Crippen LogP contribution < -0.4 is 0 Å². The van der Waals surface area contributed by atoms with Gasteiger partial charge in [0.2, 0.25) is 5.82 Å². The Morgan fingerprint density at radius 3 is 2.76 bits per heavy atom. The summed E-state index contributed by atoms with van der Waals surface area (Å²) in [7, 11) is 0. The third kappa shape index (κ3) is 3.81. The molecule has 0 bridgehead atoms. The largest absolute Gasteiger partial charge is 0.481 e. The molecule has 0 saturated carbocycles. The number of rotatable bonds is 5. The summed E-state index contributed by atoms with van der Waals surface area (Å²) in [5.74, 6) is -1.39. The number of fused-ring (bicyclic) bond motifs is 1. The first-order valence-electron chi connectivity index (χ1n) is 8.51. The molecule has 0 radical (unpaired) electrons. The van der Waals surface area contributed by atoms with Gasteiger partial charge in [-0.3, -0.25) is 4.79 Å². The number of carbonyl (C=O) groups is 1. The van der Waals surface area contributed by atoms with Gasteiger partial charge in [0.05, 0.1) is 10.0 Å². The summed E-state index contributed by atoms with van der Waals surface area (Å²) in [5.41, 5.74) is 2.35. The van der Waals surface area contributed by atoms with E-state index >= 15 is 0 Å². The molecule has 3 heterocycles. The van der Waals surface area contributed by atoms with E-state index in [2.05, 4.69) is 15.1 Å². The Kier molecular flexibility index (Phi) is 4.97. The van der Waals surface area contributed by atoms with Gasteiger partial charge in [0, 0.05) is 24.4 Å². The SMILES string of the molecule is Cc1cc(Cl)c2nc(-c3nc(-c4cc(F)c(CCC(=O)O)cc4Cl)no3)cn2c1. The predicted octanol–water partition coefficient (Wildman–Crippen LogP) is 4.82. The van der Waals surface area contributed by atoms with E-state index in [1.807, 2.05) is 13.1 Å². The predicted molar refractivity (Wildman–Crippen MR) is 105 cm³/mol. The third-order valence-corrected chi connectivity index (χ3v) is 4.86. The maximum Gasteiger partial charge on any atom is 0.303 e. The van der Waals surface area contributed by atoms with Gasteiger partial charge >= 0.3 is 5.97 Å². The molecule has 4 aromatic rings. The van der Waals surface area contributed by atoms with Crippen molar-refractivity contribution in [3.8, 4) is 23.0 Å². The van der Waals surface area contributed by atoms with Gasteiger partial charge in [-0.2, -0.15) is 4.98 Å². The summed E-state index contributed by atoms with van der Waals surface area (Å²) >= 11 is 12.5. The second-order valence-corrected chi connectivity index (χ2v) is 7.28. The Morgan fingerprint density at radius 1 is 1.21 bits per heavy atom. The molecule has 1 N–H and O–H groups in total. The second kappa shape index (κ2) is 7.46. The van der Waals surface area contributed by atoms with Gasteiger partial charge < -0.3 is 14.0 Å². The van der Waals surface area contributed by atoms with Crippen molar-refractivity contribution in [1.29, 1.82) is 0 Å². The number of hydrogen-bond donors (Lipinski definition) is 1. The summed E-state index contributed by atoms with van der Waals surface area (Å²) in [4.78, 5) is 19.4. The minimum Gasteiger partial charge on any atom is -0.481 e. The maximum atomic E-state index is 14.3. The minimum absolute atomic E-state index is 0.0279. The molecular formula is C19H13Cl2FN4O3. The fraction of sp³-hybridized carbons (Fsp3) is 0.158. The zero-order valence-corrected chi connectivity index (χ0v) is 16.5. The lowest BCUT2D eigenvalue weighted by molar-refractivity contribution is -0.136. The molecule has 0 atom stereocenters. The molecule has 7 nitrogen and oxygen atoms in total. The molecule has 0 unspecified atom stereocenters. The molecule has 3 aromatic heterocycles. The molecule has 29 heavy (non-hydrogen) atoms. The zero-order chi connectivity index (χ0) is 20.7. The highest BCUT2D eigenvalue weighted by molar-refractivity contribution is 6.33. The zero-order valence-electron chi connectivity index (χ0n) is 15.0. The van der Waals surface area contributed by atoms with Gasteiger partial charge in [0.25, 0.3) is 5.89 Å². The molecule has 148 valence electrons. The van der Waals surface area contributed by atoms with E-state index in [9.17, 15) is 9.18 Å². The lowest BCUT2D eigenvalue weighted by atomic mass is 10.1. The average Bonchev–Trinajstić information content (AvgIpc) is 3.28. The van der Waals surface area contributed by atoms with Crippen molar-refractivity contribution < 1.29 is 18.8 Å². The van der Waals surface area contributed by atoms with Crippen LogP contribution >= 0.6 is 23.2 Å². The maximum absolute atomic E-state index is 14.3. The Labute approximate surface area is 173 Å². The van der Waals surface area contributed by atoms with Gasteiger partial charge in [-0.1, -0.05) is 28.4 Å². The Hall–Kier alpha value is -2.97. The van der Waals surface area contributed by atoms with Crippen LogP contribution in [-0.2, 0) is 11.2 Å². The fourth-order valence-electron chi connectivity index (χ4n) is 2.92. The third-order valence-electron chi connectivity index (χ3n) is 4.27. The molecule has 4 rings (SSSR count). The fourth-order valence-corrected chi connectivity index (χ4v) is 3.51. The summed E-state index contributed by atoms with van der Waals surface area (Å²) in [6.45, 7) is 1.91. The molecular weight excluding hydrogens is 422 g/mol. The molecule has 0 aliphatic heterocycles. The molecule has 0 spiro atoms. The van der Waals surface area contributed by atoms with Crippen LogP contribution in [0.4, 0.5) is 4.39 Å². The normalized spacial score (nSPS) is 11.3. The molecule has 0 saturated heterocycles. The first kappa shape index (κ1) is 19.4. The van der Waals surface area contributed by atoms with Gasteiger partial charge in [-0.15, -0.1) is 0 Å². The van der Waals surface area contributed by atoms with Crippen molar-refractivity contribution in [3.05, 3.63) is 57.6 Å². The quantitative estimate of drug-likeness (QED) is 0.483. The molecule has 10 heteroatoms. The van der Waals surface area contributed by atoms with E-state index in [4.69, 9.17) is 32.8 Å². The van der Waals surface area contributed by atoms with Crippen LogP contribution in [0.5, 0.6) is 0 Å². The summed E-state index contributed by atoms with van der Waals surface area (Å²) in [6, 6.07) is 4.33. The minimum atomic E-state index is -1.02. The Bertz CT molecular complexity index is 1250. The summed E-state index contributed by atoms with van der Waals surface area (Å²) in [6.07, 6.45) is 3.38. The number of carboxylic acids is 1. The van der Waals surface area contributed by atoms with E-state index in [1.54, 1.807) is 16.7 Å². The van der Waals surface area contributed by atoms with E-state index < -0.39 is 11.8 Å². The van der Waals surface area contributed by atoms with Crippen molar-refractivity contribution in [2.45, 2.75) is 19.8 Å². The number of nitrogens with zero attached hydrogens (tertiary/aromatic N) is 4. The van der Waals surface area contributed by atoms with Crippen molar-refractivity contribution in [3.63, 3.8) is 0 Å². The van der Waals surface area contributed by atoms with E-state index in [1.165, 1.54) is 6.07 Å². The number of benzene rings is 1. The molecule has 0 fully saturated rings. The van der Waals surface area contributed by atoms with Crippen LogP contribution in [0.15, 0.2) is 35.1 Å². The topological polar surface area (TPSA) is 93.5 Å². The second-order valence-electron chi connectivity index (χ2n) is 6.46. The van der Waals surface area contributed by atoms with Crippen LogP contribution in [0.1, 0.15) is 17.5 Å². The van der Waals surface area contributed by atoms with Crippen LogP contribution in [0.3, 0.4) is 0 Å². The van der Waals surface area contributed by atoms with E-state index in [-0.39, 0.29) is 40.7 Å². The number of halogens is 3. The Balaban J connectivity index is 1.68. The highest BCUT2D eigenvalue weighted by Gasteiger charge is 2.19. The first-order chi connectivity index (χ1) is 13.8. The van der Waals surface area contributed by atoms with Crippen molar-refractivity contribution in [1.82, 2.24) is 19.5 Å². The van der Waals surface area contributed by atoms with Crippen molar-refractivity contribution in [2.75, 3.05) is 0 Å². The van der Waals surface area contributed by atoms with Crippen LogP contribution in [-0.4, -0.2) is 30.6 Å². The number of carboxylic acid groups (broad SMARTS) is 1. The molecule has 0 aliphatic carbocycles. The van der Waals surface area contributed by atoms with Gasteiger partial charge in [-0.05, 0) is 42.7 Å². The molecule has 0 amide bonds. The smallest absolute Gasteiger partial charge is 0.303 e. The van der Waals surface area contributed by atoms with Crippen LogP contribution in [0.25, 0.3) is 28.6 Å². The first-order valence-corrected chi connectivity index (χ1v) is 9.26.